The molecule has 2 aromatic carbocycles. The minimum absolute atomic E-state index is 0.336. The molecule has 0 aliphatic heterocycles. The molecule has 0 aliphatic carbocycles. The van der Waals surface area contributed by atoms with Gasteiger partial charge in [-0.3, -0.25) is 4.98 Å². The van der Waals surface area contributed by atoms with Crippen molar-refractivity contribution in [2.45, 2.75) is 13.8 Å². The monoisotopic (exact) mass is 381 g/mol. The van der Waals surface area contributed by atoms with Gasteiger partial charge in [0.05, 0.1) is 29.4 Å². The average Bonchev–Trinajstić information content (AvgIpc) is 2.74. The maximum Gasteiger partial charge on any atom is 0.338 e. The number of fused-ring (bicyclic) bond motifs is 3. The number of nitrogens with zero attached hydrogens (tertiary/aromatic N) is 2. The standard InChI is InChI=1S/C24H19N3O2/c1-3-29-24(28)17-8-5-16(6-9-17)7-10-18-11-12-19-21(27-18)14-26-23-15(2)4-13-20(25)22(19)23/h4-6,8-9,11-14H,3,25H2,1-2H3. The molecular formula is C24H19N3O2. The van der Waals surface area contributed by atoms with Gasteiger partial charge in [0.2, 0.25) is 0 Å². The van der Waals surface area contributed by atoms with E-state index >= 15 is 0 Å². The number of hydrogen-bond donors (Lipinski definition) is 1. The zero-order valence-corrected chi connectivity index (χ0v) is 16.2. The second kappa shape index (κ2) is 7.61. The Balaban J connectivity index is 1.67. The van der Waals surface area contributed by atoms with Crippen LogP contribution in [0.1, 0.15) is 34.1 Å². The van der Waals surface area contributed by atoms with E-state index in [-0.39, 0.29) is 5.97 Å². The number of aryl methyl sites for hydroxylation is 1. The summed E-state index contributed by atoms with van der Waals surface area (Å²) in [6.07, 6.45) is 1.75. The molecule has 29 heavy (non-hydrogen) atoms. The second-order valence-electron chi connectivity index (χ2n) is 6.63. The summed E-state index contributed by atoms with van der Waals surface area (Å²) in [6.45, 7) is 4.15. The van der Waals surface area contributed by atoms with Gasteiger partial charge in [0.25, 0.3) is 0 Å². The summed E-state index contributed by atoms with van der Waals surface area (Å²) < 4.78 is 4.98. The van der Waals surface area contributed by atoms with Crippen LogP contribution >= 0.6 is 0 Å². The van der Waals surface area contributed by atoms with Crippen molar-refractivity contribution in [1.29, 1.82) is 0 Å². The predicted octanol–water partition coefficient (Wildman–Crippen LogP) is 4.25. The Labute approximate surface area is 168 Å². The van der Waals surface area contributed by atoms with Gasteiger partial charge in [-0.25, -0.2) is 9.78 Å². The zero-order chi connectivity index (χ0) is 20.4. The number of aromatic nitrogens is 2. The minimum Gasteiger partial charge on any atom is -0.462 e. The second-order valence-corrected chi connectivity index (χ2v) is 6.63. The molecule has 0 saturated carbocycles. The number of anilines is 1. The largest absolute Gasteiger partial charge is 0.462 e. The topological polar surface area (TPSA) is 78.1 Å². The molecule has 2 N–H and O–H groups in total. The van der Waals surface area contributed by atoms with Crippen molar-refractivity contribution >= 4 is 33.5 Å². The van der Waals surface area contributed by atoms with Crippen LogP contribution in [-0.4, -0.2) is 22.5 Å². The van der Waals surface area contributed by atoms with Crippen molar-refractivity contribution in [2.75, 3.05) is 12.3 Å². The summed E-state index contributed by atoms with van der Waals surface area (Å²) in [6, 6.07) is 14.7. The molecule has 5 nitrogen and oxygen atoms in total. The van der Waals surface area contributed by atoms with Gasteiger partial charge >= 0.3 is 5.97 Å². The third-order valence-corrected chi connectivity index (χ3v) is 4.65. The fourth-order valence-corrected chi connectivity index (χ4v) is 3.18. The summed E-state index contributed by atoms with van der Waals surface area (Å²) in [5.41, 5.74) is 11.5. The molecule has 0 spiro atoms. The quantitative estimate of drug-likeness (QED) is 0.243. The molecule has 0 saturated heterocycles. The number of benzene rings is 2. The Bertz CT molecular complexity index is 1300. The first kappa shape index (κ1) is 18.5. The lowest BCUT2D eigenvalue weighted by atomic mass is 10.0. The maximum absolute atomic E-state index is 11.7. The molecule has 4 aromatic rings. The van der Waals surface area contributed by atoms with Gasteiger partial charge in [0.15, 0.2) is 0 Å². The van der Waals surface area contributed by atoms with Crippen LogP contribution in [0.25, 0.3) is 21.8 Å². The summed E-state index contributed by atoms with van der Waals surface area (Å²) >= 11 is 0. The molecule has 2 heterocycles. The van der Waals surface area contributed by atoms with E-state index in [2.05, 4.69) is 21.8 Å². The van der Waals surface area contributed by atoms with E-state index in [1.54, 1.807) is 37.4 Å². The molecular weight excluding hydrogens is 362 g/mol. The molecule has 0 atom stereocenters. The molecule has 5 heteroatoms. The normalized spacial score (nSPS) is 10.6. The van der Waals surface area contributed by atoms with Gasteiger partial charge in [-0.1, -0.05) is 12.0 Å². The van der Waals surface area contributed by atoms with Crippen LogP contribution in [0.5, 0.6) is 0 Å². The molecule has 0 bridgehead atoms. The predicted molar refractivity (Wildman–Crippen MR) is 115 cm³/mol. The Hall–Kier alpha value is -3.91. The third-order valence-electron chi connectivity index (χ3n) is 4.65. The van der Waals surface area contributed by atoms with Crippen molar-refractivity contribution in [3.05, 3.63) is 77.1 Å². The molecule has 2 aromatic heterocycles. The number of nitrogens with two attached hydrogens (primary N) is 1. The van der Waals surface area contributed by atoms with Crippen molar-refractivity contribution in [3.8, 4) is 11.8 Å². The maximum atomic E-state index is 11.7. The van der Waals surface area contributed by atoms with Crippen LogP contribution < -0.4 is 5.73 Å². The molecule has 0 amide bonds. The number of rotatable bonds is 2. The van der Waals surface area contributed by atoms with Crippen LogP contribution in [0.2, 0.25) is 0 Å². The summed E-state index contributed by atoms with van der Waals surface area (Å²) in [5.74, 6) is 5.80. The zero-order valence-electron chi connectivity index (χ0n) is 16.2. The van der Waals surface area contributed by atoms with Gasteiger partial charge in [-0.05, 0) is 67.8 Å². The van der Waals surface area contributed by atoms with Crippen LogP contribution in [0.4, 0.5) is 5.69 Å². The number of hydrogen-bond acceptors (Lipinski definition) is 5. The van der Waals surface area contributed by atoms with E-state index in [0.717, 1.165) is 32.9 Å². The highest BCUT2D eigenvalue weighted by molar-refractivity contribution is 6.11. The fraction of sp³-hybridized carbons (Fsp3) is 0.125. The fourth-order valence-electron chi connectivity index (χ4n) is 3.18. The molecule has 142 valence electrons. The first-order valence-electron chi connectivity index (χ1n) is 9.30. The van der Waals surface area contributed by atoms with Gasteiger partial charge in [0.1, 0.15) is 5.69 Å². The van der Waals surface area contributed by atoms with Crippen molar-refractivity contribution in [3.63, 3.8) is 0 Å². The lowest BCUT2D eigenvalue weighted by Crippen LogP contribution is -2.04. The Morgan fingerprint density at radius 3 is 2.62 bits per heavy atom. The summed E-state index contributed by atoms with van der Waals surface area (Å²) in [4.78, 5) is 20.9. The van der Waals surface area contributed by atoms with Crippen molar-refractivity contribution in [1.82, 2.24) is 9.97 Å². The molecule has 4 rings (SSSR count). The number of nitrogen functional groups attached to an aromatic ring is 1. The van der Waals surface area contributed by atoms with Crippen LogP contribution in [0.3, 0.4) is 0 Å². The van der Waals surface area contributed by atoms with E-state index < -0.39 is 0 Å². The van der Waals surface area contributed by atoms with Gasteiger partial charge in [-0.2, -0.15) is 0 Å². The van der Waals surface area contributed by atoms with E-state index in [4.69, 9.17) is 10.5 Å². The Morgan fingerprint density at radius 1 is 1.07 bits per heavy atom. The molecule has 0 aliphatic rings. The van der Waals surface area contributed by atoms with E-state index in [1.807, 2.05) is 31.2 Å². The smallest absolute Gasteiger partial charge is 0.338 e. The number of carbonyl (C=O) groups is 1. The van der Waals surface area contributed by atoms with E-state index in [0.29, 0.717) is 23.6 Å². The highest BCUT2D eigenvalue weighted by Crippen LogP contribution is 2.29. The first-order chi connectivity index (χ1) is 14.1. The van der Waals surface area contributed by atoms with Crippen LogP contribution in [0, 0.1) is 18.8 Å². The van der Waals surface area contributed by atoms with Crippen molar-refractivity contribution in [2.24, 2.45) is 0 Å². The summed E-state index contributed by atoms with van der Waals surface area (Å²) in [5, 5.41) is 1.88. The van der Waals surface area contributed by atoms with Gasteiger partial charge in [-0.15, -0.1) is 0 Å². The lowest BCUT2D eigenvalue weighted by molar-refractivity contribution is 0.0526. The minimum atomic E-state index is -0.336. The Morgan fingerprint density at radius 2 is 1.86 bits per heavy atom. The number of ether oxygens (including phenoxy) is 1. The lowest BCUT2D eigenvalue weighted by Gasteiger charge is -2.08. The van der Waals surface area contributed by atoms with Crippen LogP contribution in [-0.2, 0) is 4.74 Å². The van der Waals surface area contributed by atoms with Gasteiger partial charge < -0.3 is 10.5 Å². The van der Waals surface area contributed by atoms with Crippen LogP contribution in [0.15, 0.2) is 54.7 Å². The number of esters is 1. The molecule has 0 unspecified atom stereocenters. The Kier molecular flexibility index (Phi) is 4.84. The summed E-state index contributed by atoms with van der Waals surface area (Å²) in [7, 11) is 0. The number of carbonyl (C=O) groups excluding carboxylic acids is 1. The average molecular weight is 381 g/mol. The van der Waals surface area contributed by atoms with Crippen molar-refractivity contribution < 1.29 is 9.53 Å². The van der Waals surface area contributed by atoms with E-state index in [9.17, 15) is 4.79 Å². The third kappa shape index (κ3) is 3.61. The first-order valence-corrected chi connectivity index (χ1v) is 9.30. The van der Waals surface area contributed by atoms with Gasteiger partial charge in [0, 0.05) is 22.0 Å². The SMILES string of the molecule is CCOC(=O)c1ccc(C#Cc2ccc3c(cnc4c(C)ccc(N)c43)n2)cc1. The molecule has 0 radical (unpaired) electrons. The highest BCUT2D eigenvalue weighted by atomic mass is 16.5. The molecule has 0 fully saturated rings. The highest BCUT2D eigenvalue weighted by Gasteiger charge is 2.09. The van der Waals surface area contributed by atoms with E-state index in [1.165, 1.54) is 0 Å². The number of pyridine rings is 2.